The van der Waals surface area contributed by atoms with Crippen molar-refractivity contribution in [3.05, 3.63) is 29.3 Å². The quantitative estimate of drug-likeness (QED) is 0.673. The zero-order valence-electron chi connectivity index (χ0n) is 11.2. The Labute approximate surface area is 118 Å². The van der Waals surface area contributed by atoms with E-state index >= 15 is 0 Å². The maximum absolute atomic E-state index is 11.6. The molecular formula is C14H18N2O2S. The second kappa shape index (κ2) is 5.57. The van der Waals surface area contributed by atoms with Gasteiger partial charge in [0.05, 0.1) is 13.0 Å². The minimum atomic E-state index is -0.146. The number of ether oxygens (including phenoxy) is 1. The first-order valence-electron chi connectivity index (χ1n) is 6.26. The molecule has 1 fully saturated rings. The fourth-order valence-electron chi connectivity index (χ4n) is 2.45. The number of methoxy groups -OCH3 is 1. The molecule has 1 atom stereocenters. The highest BCUT2D eigenvalue weighted by molar-refractivity contribution is 7.80. The normalized spacial score (nSPS) is 18.4. The van der Waals surface area contributed by atoms with Crippen LogP contribution in [0.3, 0.4) is 0 Å². The van der Waals surface area contributed by atoms with E-state index in [1.165, 1.54) is 7.11 Å². The molecule has 1 aliphatic heterocycles. The molecule has 19 heavy (non-hydrogen) atoms. The lowest BCUT2D eigenvalue weighted by atomic mass is 10.1. The van der Waals surface area contributed by atoms with Crippen molar-refractivity contribution in [1.29, 1.82) is 0 Å². The molecule has 1 saturated heterocycles. The van der Waals surface area contributed by atoms with Crippen molar-refractivity contribution in [2.75, 3.05) is 25.1 Å². The van der Waals surface area contributed by atoms with E-state index in [0.717, 1.165) is 29.8 Å². The number of esters is 1. The van der Waals surface area contributed by atoms with Gasteiger partial charge in [-0.25, -0.2) is 0 Å². The van der Waals surface area contributed by atoms with Crippen LogP contribution in [0, 0.1) is 12.8 Å². The van der Waals surface area contributed by atoms with Crippen molar-refractivity contribution in [3.8, 4) is 0 Å². The van der Waals surface area contributed by atoms with E-state index in [0.29, 0.717) is 11.5 Å². The van der Waals surface area contributed by atoms with Crippen LogP contribution in [-0.2, 0) is 9.53 Å². The van der Waals surface area contributed by atoms with E-state index in [9.17, 15) is 4.79 Å². The van der Waals surface area contributed by atoms with E-state index in [-0.39, 0.29) is 11.9 Å². The van der Waals surface area contributed by atoms with Crippen LogP contribution in [0.1, 0.15) is 17.5 Å². The Hall–Kier alpha value is -1.62. The molecule has 4 nitrogen and oxygen atoms in total. The van der Waals surface area contributed by atoms with Crippen molar-refractivity contribution in [2.45, 2.75) is 13.3 Å². The third-order valence-corrected chi connectivity index (χ3v) is 3.70. The van der Waals surface area contributed by atoms with Crippen molar-refractivity contribution in [3.63, 3.8) is 0 Å². The average Bonchev–Trinajstić information content (AvgIpc) is 2.86. The molecule has 2 rings (SSSR count). The number of benzene rings is 1. The maximum atomic E-state index is 11.6. The van der Waals surface area contributed by atoms with Gasteiger partial charge in [0.25, 0.3) is 0 Å². The summed E-state index contributed by atoms with van der Waals surface area (Å²) in [6.45, 7) is 3.51. The molecule has 0 aliphatic carbocycles. The van der Waals surface area contributed by atoms with Crippen molar-refractivity contribution in [2.24, 2.45) is 11.7 Å². The maximum Gasteiger partial charge on any atom is 0.310 e. The summed E-state index contributed by atoms with van der Waals surface area (Å²) >= 11 is 5.09. The van der Waals surface area contributed by atoms with Crippen molar-refractivity contribution < 1.29 is 9.53 Å². The van der Waals surface area contributed by atoms with Crippen LogP contribution >= 0.6 is 12.2 Å². The van der Waals surface area contributed by atoms with E-state index < -0.39 is 0 Å². The molecule has 102 valence electrons. The number of hydrogen-bond acceptors (Lipinski definition) is 4. The van der Waals surface area contributed by atoms with Gasteiger partial charge in [0.1, 0.15) is 4.99 Å². The van der Waals surface area contributed by atoms with E-state index in [1.54, 1.807) is 0 Å². The first-order chi connectivity index (χ1) is 9.02. The number of nitrogens with two attached hydrogens (primary N) is 1. The number of aryl methyl sites for hydroxylation is 1. The summed E-state index contributed by atoms with van der Waals surface area (Å²) in [6, 6.07) is 6.00. The molecule has 0 spiro atoms. The third kappa shape index (κ3) is 2.87. The minimum absolute atomic E-state index is 0.0651. The molecule has 5 heteroatoms. The molecule has 0 aromatic heterocycles. The van der Waals surface area contributed by atoms with Gasteiger partial charge in [-0.1, -0.05) is 18.3 Å². The summed E-state index contributed by atoms with van der Waals surface area (Å²) in [6.07, 6.45) is 0.803. The van der Waals surface area contributed by atoms with Gasteiger partial charge < -0.3 is 15.4 Å². The largest absolute Gasteiger partial charge is 0.469 e. The highest BCUT2D eigenvalue weighted by atomic mass is 32.1. The average molecular weight is 278 g/mol. The fourth-order valence-corrected chi connectivity index (χ4v) is 2.62. The molecule has 0 amide bonds. The first kappa shape index (κ1) is 13.8. The topological polar surface area (TPSA) is 55.6 Å². The van der Waals surface area contributed by atoms with Gasteiger partial charge in [0.2, 0.25) is 0 Å². The van der Waals surface area contributed by atoms with Gasteiger partial charge in [0, 0.05) is 24.3 Å². The molecule has 1 aliphatic rings. The molecule has 0 bridgehead atoms. The number of carbonyl (C=O) groups excluding carboxylic acids is 1. The molecule has 1 aromatic carbocycles. The SMILES string of the molecule is COC(=O)C1CCN(c2cc(C)ccc2C(N)=S)C1. The van der Waals surface area contributed by atoms with Crippen LogP contribution in [0.2, 0.25) is 0 Å². The van der Waals surface area contributed by atoms with Crippen LogP contribution in [0.15, 0.2) is 18.2 Å². The molecule has 1 aromatic rings. The lowest BCUT2D eigenvalue weighted by molar-refractivity contribution is -0.144. The monoisotopic (exact) mass is 278 g/mol. The van der Waals surface area contributed by atoms with Crippen molar-refractivity contribution in [1.82, 2.24) is 0 Å². The number of anilines is 1. The summed E-state index contributed by atoms with van der Waals surface area (Å²) in [5.41, 5.74) is 8.80. The highest BCUT2D eigenvalue weighted by Gasteiger charge is 2.30. The van der Waals surface area contributed by atoms with Gasteiger partial charge in [-0.2, -0.15) is 0 Å². The summed E-state index contributed by atoms with van der Waals surface area (Å²) in [4.78, 5) is 14.1. The number of rotatable bonds is 3. The summed E-state index contributed by atoms with van der Waals surface area (Å²) in [7, 11) is 1.43. The van der Waals surface area contributed by atoms with E-state index in [2.05, 4.69) is 11.0 Å². The number of hydrogen-bond donors (Lipinski definition) is 1. The van der Waals surface area contributed by atoms with Gasteiger partial charge in [-0.3, -0.25) is 4.79 Å². The Bertz CT molecular complexity index is 516. The van der Waals surface area contributed by atoms with Crippen LogP contribution in [0.25, 0.3) is 0 Å². The molecule has 1 unspecified atom stereocenters. The van der Waals surface area contributed by atoms with Gasteiger partial charge in [-0.05, 0) is 31.0 Å². The summed E-state index contributed by atoms with van der Waals surface area (Å²) in [5, 5.41) is 0. The van der Waals surface area contributed by atoms with Crippen LogP contribution in [-0.4, -0.2) is 31.2 Å². The Morgan fingerprint density at radius 1 is 1.53 bits per heavy atom. The molecule has 0 saturated carbocycles. The van der Waals surface area contributed by atoms with Crippen LogP contribution in [0.5, 0.6) is 0 Å². The van der Waals surface area contributed by atoms with E-state index in [4.69, 9.17) is 22.7 Å². The predicted octanol–water partition coefficient (Wildman–Crippen LogP) is 1.63. The molecule has 2 N–H and O–H groups in total. The third-order valence-electron chi connectivity index (χ3n) is 3.48. The molecular weight excluding hydrogens is 260 g/mol. The Morgan fingerprint density at radius 2 is 2.26 bits per heavy atom. The van der Waals surface area contributed by atoms with Gasteiger partial charge in [-0.15, -0.1) is 0 Å². The number of nitrogens with zero attached hydrogens (tertiary/aromatic N) is 1. The van der Waals surface area contributed by atoms with Gasteiger partial charge in [0.15, 0.2) is 0 Å². The summed E-state index contributed by atoms with van der Waals surface area (Å²) in [5.74, 6) is -0.211. The van der Waals surface area contributed by atoms with Crippen LogP contribution < -0.4 is 10.6 Å². The fraction of sp³-hybridized carbons (Fsp3) is 0.429. The smallest absolute Gasteiger partial charge is 0.310 e. The number of carbonyl (C=O) groups is 1. The van der Waals surface area contributed by atoms with Crippen molar-refractivity contribution >= 4 is 28.9 Å². The lowest BCUT2D eigenvalue weighted by Gasteiger charge is -2.22. The number of thiocarbonyl (C=S) groups is 1. The second-order valence-corrected chi connectivity index (χ2v) is 5.28. The van der Waals surface area contributed by atoms with E-state index in [1.807, 2.05) is 19.1 Å². The minimum Gasteiger partial charge on any atom is -0.469 e. The van der Waals surface area contributed by atoms with Gasteiger partial charge >= 0.3 is 5.97 Å². The Morgan fingerprint density at radius 3 is 2.89 bits per heavy atom. The zero-order chi connectivity index (χ0) is 14.0. The highest BCUT2D eigenvalue weighted by Crippen LogP contribution is 2.28. The van der Waals surface area contributed by atoms with Crippen LogP contribution in [0.4, 0.5) is 5.69 Å². The second-order valence-electron chi connectivity index (χ2n) is 4.84. The summed E-state index contributed by atoms with van der Waals surface area (Å²) < 4.78 is 4.80. The Kier molecular flexibility index (Phi) is 4.04. The zero-order valence-corrected chi connectivity index (χ0v) is 12.0. The predicted molar refractivity (Wildman–Crippen MR) is 79.4 cm³/mol. The Balaban J connectivity index is 2.26. The standard InChI is InChI=1S/C14H18N2O2S/c1-9-3-4-11(13(15)19)12(7-9)16-6-5-10(8-16)14(17)18-2/h3-4,7,10H,5-6,8H2,1-2H3,(H2,15,19). The first-order valence-corrected chi connectivity index (χ1v) is 6.67. The lowest BCUT2D eigenvalue weighted by Crippen LogP contribution is -2.26. The molecule has 1 heterocycles. The molecule has 0 radical (unpaired) electrons.